The number of ether oxygens (including phenoxy) is 2. The molecule has 1 atom stereocenters. The molecule has 0 bridgehead atoms. The van der Waals surface area contributed by atoms with E-state index in [1.54, 1.807) is 37.4 Å². The van der Waals surface area contributed by atoms with Crippen LogP contribution in [0, 0.1) is 0 Å². The summed E-state index contributed by atoms with van der Waals surface area (Å²) in [5.41, 5.74) is 1.37. The Hall–Kier alpha value is -3.24. The van der Waals surface area contributed by atoms with Crippen molar-refractivity contribution in [2.24, 2.45) is 0 Å². The van der Waals surface area contributed by atoms with E-state index in [0.717, 1.165) is 11.4 Å². The van der Waals surface area contributed by atoms with Gasteiger partial charge < -0.3 is 29.9 Å². The molecule has 2 aliphatic rings. The minimum absolute atomic E-state index is 0.0122. The lowest BCUT2D eigenvalue weighted by molar-refractivity contribution is -0.127. The molecular weight excluding hydrogens is 412 g/mol. The first-order valence-corrected chi connectivity index (χ1v) is 10.6. The van der Waals surface area contributed by atoms with E-state index in [4.69, 9.17) is 14.5 Å². The number of anilines is 3. The first-order chi connectivity index (χ1) is 15.5. The summed E-state index contributed by atoms with van der Waals surface area (Å²) in [6.45, 7) is 4.40. The summed E-state index contributed by atoms with van der Waals surface area (Å²) in [5, 5.41) is 5.25. The van der Waals surface area contributed by atoms with Crippen LogP contribution >= 0.6 is 0 Å². The molecule has 170 valence electrons. The van der Waals surface area contributed by atoms with E-state index >= 15 is 0 Å². The summed E-state index contributed by atoms with van der Waals surface area (Å²) >= 11 is 0. The fourth-order valence-electron chi connectivity index (χ4n) is 4.05. The standard InChI is InChI=1S/C22H28N6O4/c1-22-14-32-12-10-28(22)19-17(27(20(22)29)9-4-11-31-3)13-24-18(26-19)15-5-7-16(8-6-15)25-21(30)23-2/h5-8,13H,4,9-12,14H2,1-3H3,(H2,23,25,30). The lowest BCUT2D eigenvalue weighted by atomic mass is 9.93. The van der Waals surface area contributed by atoms with Crippen molar-refractivity contribution in [2.45, 2.75) is 18.9 Å². The molecule has 2 aliphatic heterocycles. The van der Waals surface area contributed by atoms with E-state index in [-0.39, 0.29) is 11.9 Å². The van der Waals surface area contributed by atoms with Crippen LogP contribution < -0.4 is 20.4 Å². The average Bonchev–Trinajstić information content (AvgIpc) is 2.81. The Bertz CT molecular complexity index is 998. The number of nitrogens with zero attached hydrogens (tertiary/aromatic N) is 4. The fraction of sp³-hybridized carbons (Fsp3) is 0.455. The molecule has 2 aromatic rings. The third-order valence-electron chi connectivity index (χ3n) is 5.80. The predicted octanol–water partition coefficient (Wildman–Crippen LogP) is 1.87. The maximum absolute atomic E-state index is 13.4. The van der Waals surface area contributed by atoms with Crippen LogP contribution in [0.3, 0.4) is 0 Å². The highest BCUT2D eigenvalue weighted by atomic mass is 16.5. The van der Waals surface area contributed by atoms with Crippen molar-refractivity contribution in [3.8, 4) is 11.4 Å². The van der Waals surface area contributed by atoms with Crippen molar-refractivity contribution < 1.29 is 19.1 Å². The lowest BCUT2D eigenvalue weighted by Crippen LogP contribution is -2.67. The van der Waals surface area contributed by atoms with E-state index < -0.39 is 5.54 Å². The number of hydrogen-bond donors (Lipinski definition) is 2. The number of aromatic nitrogens is 2. The molecule has 0 saturated carbocycles. The molecule has 3 amide bonds. The highest BCUT2D eigenvalue weighted by Crippen LogP contribution is 2.41. The molecule has 3 heterocycles. The van der Waals surface area contributed by atoms with E-state index in [1.165, 1.54) is 0 Å². The third kappa shape index (κ3) is 3.98. The molecular formula is C22H28N6O4. The third-order valence-corrected chi connectivity index (χ3v) is 5.80. The van der Waals surface area contributed by atoms with Crippen molar-refractivity contribution in [1.82, 2.24) is 15.3 Å². The number of nitrogens with one attached hydrogen (secondary N) is 2. The summed E-state index contributed by atoms with van der Waals surface area (Å²) < 4.78 is 10.8. The minimum atomic E-state index is -0.814. The van der Waals surface area contributed by atoms with Gasteiger partial charge in [-0.15, -0.1) is 0 Å². The smallest absolute Gasteiger partial charge is 0.318 e. The molecule has 4 rings (SSSR count). The molecule has 1 aromatic heterocycles. The van der Waals surface area contributed by atoms with Gasteiger partial charge in [0.1, 0.15) is 11.2 Å². The number of benzene rings is 1. The van der Waals surface area contributed by atoms with Crippen molar-refractivity contribution in [1.29, 1.82) is 0 Å². The van der Waals surface area contributed by atoms with Gasteiger partial charge in [-0.3, -0.25) is 4.79 Å². The largest absolute Gasteiger partial charge is 0.385 e. The van der Waals surface area contributed by atoms with Gasteiger partial charge in [-0.25, -0.2) is 14.8 Å². The van der Waals surface area contributed by atoms with Crippen LogP contribution in [0.5, 0.6) is 0 Å². The summed E-state index contributed by atoms with van der Waals surface area (Å²) in [6, 6.07) is 7.03. The summed E-state index contributed by atoms with van der Waals surface area (Å²) in [6.07, 6.45) is 2.42. The zero-order valence-corrected chi connectivity index (χ0v) is 18.6. The molecule has 0 spiro atoms. The molecule has 10 nitrogen and oxygen atoms in total. The van der Waals surface area contributed by atoms with Crippen molar-refractivity contribution in [3.05, 3.63) is 30.5 Å². The number of carbonyl (C=O) groups excluding carboxylic acids is 2. The number of amides is 3. The van der Waals surface area contributed by atoms with Gasteiger partial charge in [0.05, 0.1) is 19.4 Å². The van der Waals surface area contributed by atoms with Gasteiger partial charge in [0.2, 0.25) is 0 Å². The average molecular weight is 441 g/mol. The van der Waals surface area contributed by atoms with Crippen LogP contribution in [0.4, 0.5) is 22.0 Å². The number of methoxy groups -OCH3 is 1. The van der Waals surface area contributed by atoms with Crippen LogP contribution in [0.1, 0.15) is 13.3 Å². The number of hydrogen-bond acceptors (Lipinski definition) is 7. The molecule has 1 fully saturated rings. The summed E-state index contributed by atoms with van der Waals surface area (Å²) in [5.74, 6) is 1.27. The fourth-order valence-corrected chi connectivity index (χ4v) is 4.05. The van der Waals surface area contributed by atoms with Gasteiger partial charge in [0.15, 0.2) is 11.6 Å². The minimum Gasteiger partial charge on any atom is -0.385 e. The van der Waals surface area contributed by atoms with E-state index in [0.29, 0.717) is 56.5 Å². The number of morpholine rings is 1. The topological polar surface area (TPSA) is 109 Å². The lowest BCUT2D eigenvalue weighted by Gasteiger charge is -2.50. The quantitative estimate of drug-likeness (QED) is 0.660. The first kappa shape index (κ1) is 22.0. The normalized spacial score (nSPS) is 19.9. The van der Waals surface area contributed by atoms with Crippen molar-refractivity contribution in [2.75, 3.05) is 62.2 Å². The maximum atomic E-state index is 13.4. The Labute approximate surface area is 186 Å². The molecule has 32 heavy (non-hydrogen) atoms. The highest BCUT2D eigenvalue weighted by molar-refractivity contribution is 6.07. The first-order valence-electron chi connectivity index (χ1n) is 10.6. The van der Waals surface area contributed by atoms with Crippen LogP contribution in [-0.2, 0) is 14.3 Å². The van der Waals surface area contributed by atoms with Gasteiger partial charge in [0, 0.05) is 45.1 Å². The SMILES string of the molecule is CNC(=O)Nc1ccc(-c2ncc3c(n2)N2CCOCC2(C)C(=O)N3CCCOC)cc1. The Morgan fingerprint density at radius 1 is 1.31 bits per heavy atom. The van der Waals surface area contributed by atoms with Crippen LogP contribution in [0.15, 0.2) is 30.5 Å². The highest BCUT2D eigenvalue weighted by Gasteiger charge is 2.50. The number of fused-ring (bicyclic) bond motifs is 3. The second-order valence-electron chi connectivity index (χ2n) is 7.97. The molecule has 2 N–H and O–H groups in total. The van der Waals surface area contributed by atoms with E-state index in [2.05, 4.69) is 15.6 Å². The number of urea groups is 1. The molecule has 10 heteroatoms. The van der Waals surface area contributed by atoms with Crippen LogP contribution in [0.25, 0.3) is 11.4 Å². The van der Waals surface area contributed by atoms with Crippen LogP contribution in [-0.4, -0.2) is 74.5 Å². The Balaban J connectivity index is 1.69. The number of carbonyl (C=O) groups is 2. The zero-order chi connectivity index (χ0) is 22.7. The van der Waals surface area contributed by atoms with E-state index in [1.807, 2.05) is 24.0 Å². The monoisotopic (exact) mass is 440 g/mol. The van der Waals surface area contributed by atoms with Gasteiger partial charge in [-0.1, -0.05) is 0 Å². The van der Waals surface area contributed by atoms with Gasteiger partial charge in [-0.05, 0) is 37.6 Å². The molecule has 1 unspecified atom stereocenters. The molecule has 1 saturated heterocycles. The van der Waals surface area contributed by atoms with Gasteiger partial charge in [0.25, 0.3) is 5.91 Å². The Morgan fingerprint density at radius 2 is 2.09 bits per heavy atom. The predicted molar refractivity (Wildman–Crippen MR) is 121 cm³/mol. The molecule has 0 aliphatic carbocycles. The van der Waals surface area contributed by atoms with E-state index in [9.17, 15) is 9.59 Å². The molecule has 1 aromatic carbocycles. The molecule has 0 radical (unpaired) electrons. The maximum Gasteiger partial charge on any atom is 0.318 e. The zero-order valence-electron chi connectivity index (χ0n) is 18.6. The van der Waals surface area contributed by atoms with Gasteiger partial charge in [-0.2, -0.15) is 0 Å². The van der Waals surface area contributed by atoms with Gasteiger partial charge >= 0.3 is 6.03 Å². The summed E-state index contributed by atoms with van der Waals surface area (Å²) in [7, 11) is 3.21. The second-order valence-corrected chi connectivity index (χ2v) is 7.97. The summed E-state index contributed by atoms with van der Waals surface area (Å²) in [4.78, 5) is 38.1. The Kier molecular flexibility index (Phi) is 6.24. The van der Waals surface area contributed by atoms with Crippen LogP contribution in [0.2, 0.25) is 0 Å². The number of rotatable bonds is 6. The van der Waals surface area contributed by atoms with Crippen molar-refractivity contribution >= 4 is 29.1 Å². The second kappa shape index (κ2) is 9.09. The Morgan fingerprint density at radius 3 is 2.81 bits per heavy atom. The van der Waals surface area contributed by atoms with Crippen molar-refractivity contribution in [3.63, 3.8) is 0 Å².